The summed E-state index contributed by atoms with van der Waals surface area (Å²) < 4.78 is 0. The zero-order chi connectivity index (χ0) is 20.1. The molecule has 0 bridgehead atoms. The number of anilines is 1. The molecule has 1 saturated heterocycles. The van der Waals surface area contributed by atoms with Crippen LogP contribution in [0.4, 0.5) is 5.69 Å². The number of hydrogen-bond acceptors (Lipinski definition) is 4. The largest absolute Gasteiger partial charge is 0.369 e. The molecule has 1 amide bonds. The third kappa shape index (κ3) is 5.18. The number of halogens is 1. The van der Waals surface area contributed by atoms with Gasteiger partial charge in [-0.2, -0.15) is 5.26 Å². The fourth-order valence-electron chi connectivity index (χ4n) is 4.71. The Hall–Kier alpha value is -1.77. The second-order valence-electron chi connectivity index (χ2n) is 8.34. The maximum absolute atomic E-state index is 11.4. The van der Waals surface area contributed by atoms with Crippen LogP contribution in [0.3, 0.4) is 0 Å². The van der Waals surface area contributed by atoms with E-state index in [1.165, 1.54) is 17.7 Å². The predicted octanol–water partition coefficient (Wildman–Crippen LogP) is 3.59. The molecule has 1 aliphatic heterocycles. The molecule has 0 spiro atoms. The first-order chi connectivity index (χ1) is 13.5. The summed E-state index contributed by atoms with van der Waals surface area (Å²) in [5, 5.41) is 9.96. The Kier molecular flexibility index (Phi) is 7.20. The van der Waals surface area contributed by atoms with Crippen LogP contribution in [0.5, 0.6) is 0 Å². The minimum absolute atomic E-state index is 0.156. The van der Waals surface area contributed by atoms with Crippen LogP contribution in [0.2, 0.25) is 5.02 Å². The highest BCUT2D eigenvalue weighted by Crippen LogP contribution is 2.35. The highest BCUT2D eigenvalue weighted by molar-refractivity contribution is 6.30. The van der Waals surface area contributed by atoms with Gasteiger partial charge in [0.25, 0.3) is 0 Å². The van der Waals surface area contributed by atoms with Crippen LogP contribution in [0.1, 0.15) is 37.7 Å². The van der Waals surface area contributed by atoms with Gasteiger partial charge in [-0.05, 0) is 62.3 Å². The van der Waals surface area contributed by atoms with Crippen molar-refractivity contribution in [2.24, 2.45) is 23.5 Å². The number of nitriles is 1. The molecule has 2 fully saturated rings. The molecule has 1 heterocycles. The van der Waals surface area contributed by atoms with Crippen molar-refractivity contribution in [2.45, 2.75) is 39.0 Å². The summed E-state index contributed by atoms with van der Waals surface area (Å²) in [6.45, 7) is 7.52. The molecule has 5 nitrogen and oxygen atoms in total. The first kappa shape index (κ1) is 21.0. The third-order valence-corrected chi connectivity index (χ3v) is 6.78. The van der Waals surface area contributed by atoms with Gasteiger partial charge in [-0.25, -0.2) is 0 Å². The van der Waals surface area contributed by atoms with Crippen molar-refractivity contribution in [3.8, 4) is 6.07 Å². The van der Waals surface area contributed by atoms with Crippen molar-refractivity contribution in [2.75, 3.05) is 37.6 Å². The molecule has 1 atom stereocenters. The number of aryl methyl sites for hydroxylation is 1. The van der Waals surface area contributed by atoms with Gasteiger partial charge in [0.1, 0.15) is 5.92 Å². The zero-order valence-corrected chi connectivity index (χ0v) is 17.5. The van der Waals surface area contributed by atoms with Crippen molar-refractivity contribution in [1.82, 2.24) is 4.90 Å². The van der Waals surface area contributed by atoms with Gasteiger partial charge >= 0.3 is 0 Å². The average Bonchev–Trinajstić information content (AvgIpc) is 2.70. The van der Waals surface area contributed by atoms with E-state index in [0.29, 0.717) is 5.92 Å². The molecule has 2 aliphatic rings. The summed E-state index contributed by atoms with van der Waals surface area (Å²) in [5.74, 6) is -0.206. The topological polar surface area (TPSA) is 73.4 Å². The molecule has 0 aromatic heterocycles. The highest BCUT2D eigenvalue weighted by Gasteiger charge is 2.31. The fraction of sp³-hybridized carbons (Fsp3) is 0.636. The van der Waals surface area contributed by atoms with Gasteiger partial charge in [-0.1, -0.05) is 30.5 Å². The minimum atomic E-state index is -0.607. The van der Waals surface area contributed by atoms with E-state index in [4.69, 9.17) is 22.6 Å². The Morgan fingerprint density at radius 3 is 2.54 bits per heavy atom. The molecule has 3 rings (SSSR count). The Morgan fingerprint density at radius 1 is 1.25 bits per heavy atom. The number of nitrogens with zero attached hydrogens (tertiary/aromatic N) is 3. The SMILES string of the molecule is Cc1ccc(Cl)cc1N1CCN(CCC2CCC(C(C#N)C(N)=O)CC2)CC1. The second kappa shape index (κ2) is 9.62. The number of nitrogens with two attached hydrogens (primary N) is 1. The molecule has 1 unspecified atom stereocenters. The number of carbonyl (C=O) groups excluding carboxylic acids is 1. The number of benzene rings is 1. The Labute approximate surface area is 173 Å². The molecular formula is C22H31ClN4O. The minimum Gasteiger partial charge on any atom is -0.369 e. The van der Waals surface area contributed by atoms with E-state index in [9.17, 15) is 4.79 Å². The average molecular weight is 403 g/mol. The van der Waals surface area contributed by atoms with E-state index in [1.807, 2.05) is 6.07 Å². The molecule has 1 saturated carbocycles. The third-order valence-electron chi connectivity index (χ3n) is 6.55. The monoisotopic (exact) mass is 402 g/mol. The van der Waals surface area contributed by atoms with Crippen LogP contribution < -0.4 is 10.6 Å². The maximum Gasteiger partial charge on any atom is 0.235 e. The summed E-state index contributed by atoms with van der Waals surface area (Å²) in [6, 6.07) is 8.22. The predicted molar refractivity (Wildman–Crippen MR) is 113 cm³/mol. The van der Waals surface area contributed by atoms with Gasteiger partial charge in [-0.3, -0.25) is 9.69 Å². The van der Waals surface area contributed by atoms with E-state index in [1.54, 1.807) is 0 Å². The summed E-state index contributed by atoms with van der Waals surface area (Å²) in [7, 11) is 0. The number of carbonyl (C=O) groups is 1. The van der Waals surface area contributed by atoms with Gasteiger partial charge in [-0.15, -0.1) is 0 Å². The fourth-order valence-corrected chi connectivity index (χ4v) is 4.88. The lowest BCUT2D eigenvalue weighted by Crippen LogP contribution is -2.47. The smallest absolute Gasteiger partial charge is 0.235 e. The standard InChI is InChI=1S/C22H31ClN4O/c1-16-2-7-19(23)14-21(16)27-12-10-26(11-13-27)9-8-17-3-5-18(6-4-17)20(15-24)22(25)28/h2,7,14,17-18,20H,3-6,8-13H2,1H3,(H2,25,28). The number of piperazine rings is 1. The molecule has 2 N–H and O–H groups in total. The van der Waals surface area contributed by atoms with Crippen molar-refractivity contribution < 1.29 is 4.79 Å². The van der Waals surface area contributed by atoms with Crippen molar-refractivity contribution in [3.05, 3.63) is 28.8 Å². The van der Waals surface area contributed by atoms with E-state index in [0.717, 1.165) is 63.4 Å². The van der Waals surface area contributed by atoms with Crippen LogP contribution in [-0.2, 0) is 4.79 Å². The zero-order valence-electron chi connectivity index (χ0n) is 16.7. The van der Waals surface area contributed by atoms with Crippen molar-refractivity contribution >= 4 is 23.2 Å². The summed E-state index contributed by atoms with van der Waals surface area (Å²) in [4.78, 5) is 16.4. The second-order valence-corrected chi connectivity index (χ2v) is 8.77. The Morgan fingerprint density at radius 2 is 1.93 bits per heavy atom. The molecular weight excluding hydrogens is 372 g/mol. The van der Waals surface area contributed by atoms with Crippen LogP contribution in [0, 0.1) is 36.0 Å². The quantitative estimate of drug-likeness (QED) is 0.789. The van der Waals surface area contributed by atoms with Crippen molar-refractivity contribution in [3.63, 3.8) is 0 Å². The summed E-state index contributed by atoms with van der Waals surface area (Å²) >= 11 is 6.18. The van der Waals surface area contributed by atoms with E-state index in [2.05, 4.69) is 34.9 Å². The lowest BCUT2D eigenvalue weighted by atomic mass is 9.75. The molecule has 0 radical (unpaired) electrons. The first-order valence-corrected chi connectivity index (χ1v) is 10.8. The number of rotatable bonds is 6. The van der Waals surface area contributed by atoms with E-state index in [-0.39, 0.29) is 5.92 Å². The summed E-state index contributed by atoms with van der Waals surface area (Å²) in [6.07, 6.45) is 5.33. The van der Waals surface area contributed by atoms with Gasteiger partial charge < -0.3 is 10.6 Å². The van der Waals surface area contributed by atoms with Crippen molar-refractivity contribution in [1.29, 1.82) is 5.26 Å². The molecule has 1 aliphatic carbocycles. The molecule has 1 aromatic rings. The van der Waals surface area contributed by atoms with Gasteiger partial charge in [0, 0.05) is 36.9 Å². The van der Waals surface area contributed by atoms with E-state index < -0.39 is 11.8 Å². The number of amides is 1. The normalized spacial score (nSPS) is 24.5. The molecule has 28 heavy (non-hydrogen) atoms. The number of primary amides is 1. The molecule has 1 aromatic carbocycles. The Balaban J connectivity index is 1.40. The first-order valence-electron chi connectivity index (χ1n) is 10.4. The van der Waals surface area contributed by atoms with Crippen LogP contribution in [0.15, 0.2) is 18.2 Å². The van der Waals surface area contributed by atoms with E-state index >= 15 is 0 Å². The lowest BCUT2D eigenvalue weighted by molar-refractivity contribution is -0.122. The van der Waals surface area contributed by atoms with Gasteiger partial charge in [0.2, 0.25) is 5.91 Å². The lowest BCUT2D eigenvalue weighted by Gasteiger charge is -2.38. The van der Waals surface area contributed by atoms with Crippen LogP contribution >= 0.6 is 11.6 Å². The van der Waals surface area contributed by atoms with Crippen LogP contribution in [-0.4, -0.2) is 43.5 Å². The number of hydrogen-bond donors (Lipinski definition) is 1. The maximum atomic E-state index is 11.4. The van der Waals surface area contributed by atoms with Gasteiger partial charge in [0.15, 0.2) is 0 Å². The summed E-state index contributed by atoms with van der Waals surface area (Å²) in [5.41, 5.74) is 7.90. The molecule has 152 valence electrons. The highest BCUT2D eigenvalue weighted by atomic mass is 35.5. The van der Waals surface area contributed by atoms with Gasteiger partial charge in [0.05, 0.1) is 6.07 Å². The molecule has 6 heteroatoms. The van der Waals surface area contributed by atoms with Crippen LogP contribution in [0.25, 0.3) is 0 Å². The Bertz CT molecular complexity index is 716.